The van der Waals surface area contributed by atoms with Crippen LogP contribution in [-0.2, 0) is 12.8 Å². The van der Waals surface area contributed by atoms with E-state index < -0.39 is 5.97 Å². The number of hydrogen-bond donors (Lipinski definition) is 1. The van der Waals surface area contributed by atoms with E-state index in [9.17, 15) is 4.79 Å². The first-order valence-corrected chi connectivity index (χ1v) is 4.85. The van der Waals surface area contributed by atoms with Gasteiger partial charge in [0.1, 0.15) is 11.9 Å². The summed E-state index contributed by atoms with van der Waals surface area (Å²) in [4.78, 5) is 11.0. The first kappa shape index (κ1) is 8.40. The van der Waals surface area contributed by atoms with Crippen molar-refractivity contribution in [3.05, 3.63) is 29.2 Å². The Morgan fingerprint density at radius 2 is 2.33 bits per heavy atom. The van der Waals surface area contributed by atoms with Gasteiger partial charge in [0.2, 0.25) is 0 Å². The van der Waals surface area contributed by atoms with Gasteiger partial charge in [-0.2, -0.15) is 0 Å². The Hall–Kier alpha value is -1.91. The summed E-state index contributed by atoms with van der Waals surface area (Å²) in [5.41, 5.74) is 2.95. The van der Waals surface area contributed by atoms with Crippen molar-refractivity contribution in [2.75, 3.05) is 0 Å². The number of rotatable bonds is 1. The fraction of sp³-hybridized carbons (Fsp3) is 0.300. The van der Waals surface area contributed by atoms with E-state index >= 15 is 0 Å². The van der Waals surface area contributed by atoms with Crippen molar-refractivity contribution in [3.8, 4) is 0 Å². The summed E-state index contributed by atoms with van der Waals surface area (Å²) in [6.45, 7) is 0. The summed E-state index contributed by atoms with van der Waals surface area (Å²) in [5.74, 6) is -0.942. The molecule has 0 saturated heterocycles. The molecule has 0 bridgehead atoms. The minimum Gasteiger partial charge on any atom is -0.478 e. The molecule has 5 heteroatoms. The number of aromatic carboxylic acids is 1. The maximum absolute atomic E-state index is 11.0. The van der Waals surface area contributed by atoms with Crippen LogP contribution < -0.4 is 0 Å². The molecule has 0 aromatic carbocycles. The molecule has 1 aliphatic rings. The number of carbonyl (C=O) groups is 1. The molecule has 5 nitrogen and oxygen atoms in total. The second-order valence-electron chi connectivity index (χ2n) is 3.71. The van der Waals surface area contributed by atoms with Gasteiger partial charge in [0.05, 0.1) is 0 Å². The van der Waals surface area contributed by atoms with Gasteiger partial charge in [0, 0.05) is 5.69 Å². The molecule has 0 amide bonds. The molecule has 0 unspecified atom stereocenters. The van der Waals surface area contributed by atoms with Gasteiger partial charge in [0.15, 0.2) is 5.65 Å². The maximum Gasteiger partial charge on any atom is 0.339 e. The average molecular weight is 203 g/mol. The van der Waals surface area contributed by atoms with Crippen LogP contribution in [0.4, 0.5) is 0 Å². The fourth-order valence-corrected chi connectivity index (χ4v) is 2.19. The van der Waals surface area contributed by atoms with Crippen molar-refractivity contribution < 1.29 is 9.90 Å². The molecule has 0 fully saturated rings. The minimum atomic E-state index is -0.942. The number of fused-ring (bicyclic) bond motifs is 3. The zero-order valence-corrected chi connectivity index (χ0v) is 7.97. The summed E-state index contributed by atoms with van der Waals surface area (Å²) in [6, 6.07) is 1.73. The molecular weight excluding hydrogens is 194 g/mol. The molecule has 2 aromatic heterocycles. The number of carboxylic acids is 1. The van der Waals surface area contributed by atoms with Gasteiger partial charge in [-0.3, -0.25) is 4.40 Å². The van der Waals surface area contributed by atoms with E-state index in [-0.39, 0.29) is 5.56 Å². The quantitative estimate of drug-likeness (QED) is 0.748. The molecule has 15 heavy (non-hydrogen) atoms. The number of pyridine rings is 1. The number of hydrogen-bond acceptors (Lipinski definition) is 3. The highest BCUT2D eigenvalue weighted by Gasteiger charge is 2.20. The molecule has 0 atom stereocenters. The highest BCUT2D eigenvalue weighted by Crippen LogP contribution is 2.25. The van der Waals surface area contributed by atoms with Crippen LogP contribution in [0.2, 0.25) is 0 Å². The van der Waals surface area contributed by atoms with Crippen LogP contribution >= 0.6 is 0 Å². The Labute approximate surface area is 85.4 Å². The molecule has 2 heterocycles. The van der Waals surface area contributed by atoms with E-state index in [1.54, 1.807) is 16.8 Å². The minimum absolute atomic E-state index is 0.244. The lowest BCUT2D eigenvalue weighted by molar-refractivity contribution is 0.0698. The van der Waals surface area contributed by atoms with Crippen LogP contribution in [0.1, 0.15) is 28.0 Å². The summed E-state index contributed by atoms with van der Waals surface area (Å²) in [7, 11) is 0. The highest BCUT2D eigenvalue weighted by atomic mass is 16.4. The molecular formula is C10H9N3O2. The topological polar surface area (TPSA) is 67.5 Å². The van der Waals surface area contributed by atoms with Crippen molar-refractivity contribution in [3.63, 3.8) is 0 Å². The maximum atomic E-state index is 11.0. The Kier molecular flexibility index (Phi) is 1.56. The highest BCUT2D eigenvalue weighted by molar-refractivity contribution is 5.94. The number of carboxylic acid groups (broad SMARTS) is 1. The lowest BCUT2D eigenvalue weighted by Crippen LogP contribution is -2.05. The molecule has 1 N–H and O–H groups in total. The number of aromatic nitrogens is 3. The second-order valence-corrected chi connectivity index (χ2v) is 3.71. The third-order valence-electron chi connectivity index (χ3n) is 2.86. The smallest absolute Gasteiger partial charge is 0.339 e. The Bertz CT molecular complexity index is 559. The van der Waals surface area contributed by atoms with Crippen LogP contribution in [0.25, 0.3) is 5.65 Å². The summed E-state index contributed by atoms with van der Waals surface area (Å²) < 4.78 is 1.80. The SMILES string of the molecule is O=C(O)c1cc2c(n3cnnc13)CCC2. The van der Waals surface area contributed by atoms with Gasteiger partial charge in [-0.1, -0.05) is 0 Å². The second kappa shape index (κ2) is 2.79. The van der Waals surface area contributed by atoms with E-state index in [2.05, 4.69) is 10.2 Å². The van der Waals surface area contributed by atoms with Crippen LogP contribution in [0.3, 0.4) is 0 Å². The predicted octanol–water partition coefficient (Wildman–Crippen LogP) is 0.916. The van der Waals surface area contributed by atoms with Gasteiger partial charge in [-0.15, -0.1) is 10.2 Å². The van der Waals surface area contributed by atoms with E-state index in [1.807, 2.05) is 0 Å². The number of nitrogens with zero attached hydrogens (tertiary/aromatic N) is 3. The zero-order chi connectivity index (χ0) is 10.4. The van der Waals surface area contributed by atoms with Crippen molar-refractivity contribution in [1.82, 2.24) is 14.6 Å². The van der Waals surface area contributed by atoms with E-state index in [0.29, 0.717) is 5.65 Å². The van der Waals surface area contributed by atoms with Crippen molar-refractivity contribution in [2.24, 2.45) is 0 Å². The molecule has 2 aromatic rings. The Morgan fingerprint density at radius 3 is 3.13 bits per heavy atom. The van der Waals surface area contributed by atoms with Gasteiger partial charge in [0.25, 0.3) is 0 Å². The van der Waals surface area contributed by atoms with E-state index in [1.165, 1.54) is 0 Å². The molecule has 1 aliphatic carbocycles. The van der Waals surface area contributed by atoms with Gasteiger partial charge in [-0.25, -0.2) is 4.79 Å². The molecule has 0 aliphatic heterocycles. The third kappa shape index (κ3) is 1.06. The first-order valence-electron chi connectivity index (χ1n) is 4.85. The van der Waals surface area contributed by atoms with E-state index in [0.717, 1.165) is 30.5 Å². The summed E-state index contributed by atoms with van der Waals surface area (Å²) in [5, 5.41) is 16.7. The molecule has 76 valence electrons. The predicted molar refractivity (Wildman–Crippen MR) is 52.0 cm³/mol. The fourth-order valence-electron chi connectivity index (χ4n) is 2.19. The third-order valence-corrected chi connectivity index (χ3v) is 2.86. The van der Waals surface area contributed by atoms with Crippen LogP contribution in [0.5, 0.6) is 0 Å². The van der Waals surface area contributed by atoms with Crippen molar-refractivity contribution in [1.29, 1.82) is 0 Å². The average Bonchev–Trinajstić information content (AvgIpc) is 2.83. The van der Waals surface area contributed by atoms with Gasteiger partial charge < -0.3 is 5.11 Å². The summed E-state index contributed by atoms with van der Waals surface area (Å²) in [6.07, 6.45) is 4.59. The molecule has 0 radical (unpaired) electrons. The Morgan fingerprint density at radius 1 is 1.47 bits per heavy atom. The van der Waals surface area contributed by atoms with Gasteiger partial charge >= 0.3 is 5.97 Å². The first-order chi connectivity index (χ1) is 7.27. The Balaban J connectivity index is 2.42. The lowest BCUT2D eigenvalue weighted by atomic mass is 10.1. The van der Waals surface area contributed by atoms with Crippen molar-refractivity contribution in [2.45, 2.75) is 19.3 Å². The van der Waals surface area contributed by atoms with E-state index in [4.69, 9.17) is 5.11 Å². The van der Waals surface area contributed by atoms with Crippen LogP contribution in [0, 0.1) is 0 Å². The normalized spacial score (nSPS) is 14.4. The molecule has 0 spiro atoms. The molecule has 0 saturated carbocycles. The van der Waals surface area contributed by atoms with Gasteiger partial charge in [-0.05, 0) is 30.9 Å². The zero-order valence-electron chi connectivity index (χ0n) is 7.97. The standard InChI is InChI=1S/C10H9N3O2/c14-10(15)7-4-6-2-1-3-8(6)13-5-11-12-9(7)13/h4-5H,1-3H2,(H,14,15). The van der Waals surface area contributed by atoms with Crippen LogP contribution in [-0.4, -0.2) is 25.7 Å². The van der Waals surface area contributed by atoms with Crippen LogP contribution in [0.15, 0.2) is 12.4 Å². The van der Waals surface area contributed by atoms with Crippen molar-refractivity contribution >= 4 is 11.6 Å². The number of aryl methyl sites for hydroxylation is 2. The monoisotopic (exact) mass is 203 g/mol. The largest absolute Gasteiger partial charge is 0.478 e. The summed E-state index contributed by atoms with van der Waals surface area (Å²) >= 11 is 0. The molecule has 3 rings (SSSR count). The lowest BCUT2D eigenvalue weighted by Gasteiger charge is -2.05.